The second-order valence-electron chi connectivity index (χ2n) is 9.14. The lowest BCUT2D eigenvalue weighted by Crippen LogP contribution is -2.48. The van der Waals surface area contributed by atoms with Gasteiger partial charge in [-0.2, -0.15) is 0 Å². The van der Waals surface area contributed by atoms with Crippen molar-refractivity contribution >= 4 is 34.8 Å². The SMILES string of the molecule is CC(=O)N1CCN(c2ccc(C(=O)Nc3cccc(CN4CCC[C@H]4C(N)=O)c3)cc2[N+](=O)[O-])CC1. The van der Waals surface area contributed by atoms with E-state index < -0.39 is 10.8 Å². The molecule has 0 aromatic heterocycles. The first-order valence-corrected chi connectivity index (χ1v) is 12.0. The van der Waals surface area contributed by atoms with Crippen LogP contribution in [-0.4, -0.2) is 71.2 Å². The number of nitro groups is 1. The van der Waals surface area contributed by atoms with Crippen LogP contribution in [0.4, 0.5) is 17.1 Å². The van der Waals surface area contributed by atoms with E-state index in [1.54, 1.807) is 23.1 Å². The van der Waals surface area contributed by atoms with Gasteiger partial charge in [-0.25, -0.2) is 0 Å². The van der Waals surface area contributed by atoms with Gasteiger partial charge >= 0.3 is 0 Å². The minimum atomic E-state index is -0.491. The summed E-state index contributed by atoms with van der Waals surface area (Å²) >= 11 is 0. The zero-order valence-electron chi connectivity index (χ0n) is 20.2. The van der Waals surface area contributed by atoms with Gasteiger partial charge in [0.05, 0.1) is 11.0 Å². The van der Waals surface area contributed by atoms with E-state index in [2.05, 4.69) is 5.32 Å². The molecule has 2 aromatic rings. The van der Waals surface area contributed by atoms with Crippen molar-refractivity contribution in [1.29, 1.82) is 0 Å². The number of hydrogen-bond donors (Lipinski definition) is 2. The Morgan fingerprint density at radius 2 is 1.83 bits per heavy atom. The number of nitro benzene ring substituents is 1. The molecular weight excluding hydrogens is 464 g/mol. The minimum absolute atomic E-state index is 0.0200. The maximum atomic E-state index is 12.9. The maximum Gasteiger partial charge on any atom is 0.293 e. The van der Waals surface area contributed by atoms with Crippen LogP contribution >= 0.6 is 0 Å². The molecule has 0 bridgehead atoms. The second kappa shape index (κ2) is 10.7. The number of rotatable bonds is 7. The average Bonchev–Trinajstić information content (AvgIpc) is 3.32. The van der Waals surface area contributed by atoms with Gasteiger partial charge in [-0.15, -0.1) is 0 Å². The Morgan fingerprint density at radius 1 is 1.08 bits per heavy atom. The highest BCUT2D eigenvalue weighted by atomic mass is 16.6. The van der Waals surface area contributed by atoms with Crippen LogP contribution in [0.5, 0.6) is 0 Å². The molecule has 0 unspecified atom stereocenters. The number of primary amides is 1. The molecular formula is C25H30N6O5. The van der Waals surface area contributed by atoms with E-state index >= 15 is 0 Å². The number of amides is 3. The first kappa shape index (κ1) is 25.1. The van der Waals surface area contributed by atoms with Crippen molar-refractivity contribution in [3.05, 3.63) is 63.7 Å². The molecule has 2 aliphatic rings. The molecule has 190 valence electrons. The lowest BCUT2D eigenvalue weighted by atomic mass is 10.1. The number of nitrogens with two attached hydrogens (primary N) is 1. The highest BCUT2D eigenvalue weighted by Crippen LogP contribution is 2.30. The van der Waals surface area contributed by atoms with E-state index in [0.29, 0.717) is 44.1 Å². The van der Waals surface area contributed by atoms with Gasteiger partial charge in [0.15, 0.2) is 0 Å². The fraction of sp³-hybridized carbons (Fsp3) is 0.400. The Hall–Kier alpha value is -3.99. The minimum Gasteiger partial charge on any atom is -0.368 e. The zero-order valence-corrected chi connectivity index (χ0v) is 20.2. The Kier molecular flexibility index (Phi) is 7.49. The molecule has 2 heterocycles. The summed E-state index contributed by atoms with van der Waals surface area (Å²) < 4.78 is 0. The van der Waals surface area contributed by atoms with Crippen molar-refractivity contribution in [2.75, 3.05) is 42.9 Å². The number of carbonyl (C=O) groups excluding carboxylic acids is 3. The lowest BCUT2D eigenvalue weighted by Gasteiger charge is -2.35. The number of carbonyl (C=O) groups is 3. The number of nitrogens with zero attached hydrogens (tertiary/aromatic N) is 4. The number of benzene rings is 2. The summed E-state index contributed by atoms with van der Waals surface area (Å²) in [5.41, 5.74) is 7.43. The normalized spacial score (nSPS) is 18.2. The highest BCUT2D eigenvalue weighted by Gasteiger charge is 2.29. The van der Waals surface area contributed by atoms with Gasteiger partial charge in [-0.05, 0) is 49.2 Å². The monoisotopic (exact) mass is 494 g/mol. The quantitative estimate of drug-likeness (QED) is 0.443. The summed E-state index contributed by atoms with van der Waals surface area (Å²) in [6.07, 6.45) is 1.65. The van der Waals surface area contributed by atoms with Crippen LogP contribution in [-0.2, 0) is 16.1 Å². The van der Waals surface area contributed by atoms with Crippen LogP contribution in [0.3, 0.4) is 0 Å². The van der Waals surface area contributed by atoms with Gasteiger partial charge in [0, 0.05) is 57.0 Å². The Balaban J connectivity index is 1.46. The first-order chi connectivity index (χ1) is 17.2. The van der Waals surface area contributed by atoms with Gasteiger partial charge < -0.3 is 20.9 Å². The van der Waals surface area contributed by atoms with E-state index in [1.165, 1.54) is 13.0 Å². The molecule has 2 saturated heterocycles. The van der Waals surface area contributed by atoms with Crippen LogP contribution in [0.25, 0.3) is 0 Å². The van der Waals surface area contributed by atoms with Gasteiger partial charge in [-0.1, -0.05) is 12.1 Å². The molecule has 36 heavy (non-hydrogen) atoms. The molecule has 0 spiro atoms. The number of hydrogen-bond acceptors (Lipinski definition) is 7. The van der Waals surface area contributed by atoms with Crippen molar-refractivity contribution in [2.45, 2.75) is 32.4 Å². The van der Waals surface area contributed by atoms with Crippen LogP contribution in [0.1, 0.15) is 35.7 Å². The lowest BCUT2D eigenvalue weighted by molar-refractivity contribution is -0.384. The molecule has 0 aliphatic carbocycles. The van der Waals surface area contributed by atoms with E-state index in [0.717, 1.165) is 24.9 Å². The van der Waals surface area contributed by atoms with Gasteiger partial charge in [-0.3, -0.25) is 29.4 Å². The van der Waals surface area contributed by atoms with Crippen LogP contribution in [0.15, 0.2) is 42.5 Å². The summed E-state index contributed by atoms with van der Waals surface area (Å²) in [6, 6.07) is 11.5. The number of likely N-dealkylation sites (tertiary alicyclic amines) is 1. The summed E-state index contributed by atoms with van der Waals surface area (Å²) in [4.78, 5) is 53.1. The smallest absolute Gasteiger partial charge is 0.293 e. The molecule has 3 N–H and O–H groups in total. The molecule has 2 aromatic carbocycles. The standard InChI is InChI=1S/C25H30N6O5/c1-17(32)28-10-12-29(13-11-28)21-8-7-19(15-23(21)31(35)36)25(34)27-20-5-2-4-18(14-20)16-30-9-3-6-22(30)24(26)33/h2,4-5,7-8,14-15,22H,3,6,9-13,16H2,1H3,(H2,26,33)(H,27,34)/t22-/m0/s1. The fourth-order valence-corrected chi connectivity index (χ4v) is 4.86. The predicted molar refractivity (Wildman–Crippen MR) is 135 cm³/mol. The van der Waals surface area contributed by atoms with E-state index in [4.69, 9.17) is 5.73 Å². The summed E-state index contributed by atoms with van der Waals surface area (Å²) in [7, 11) is 0. The fourth-order valence-electron chi connectivity index (χ4n) is 4.86. The predicted octanol–water partition coefficient (Wildman–Crippen LogP) is 1.97. The number of nitrogens with one attached hydrogen (secondary N) is 1. The molecule has 0 radical (unpaired) electrons. The third kappa shape index (κ3) is 5.62. The maximum absolute atomic E-state index is 12.9. The molecule has 1 atom stereocenters. The van der Waals surface area contributed by atoms with Crippen molar-refractivity contribution in [1.82, 2.24) is 9.80 Å². The third-order valence-corrected chi connectivity index (χ3v) is 6.76. The Labute approximate surface area is 209 Å². The second-order valence-corrected chi connectivity index (χ2v) is 9.14. The van der Waals surface area contributed by atoms with Gasteiger partial charge in [0.25, 0.3) is 11.6 Å². The van der Waals surface area contributed by atoms with Crippen molar-refractivity contribution in [3.8, 4) is 0 Å². The van der Waals surface area contributed by atoms with Crippen LogP contribution in [0, 0.1) is 10.1 Å². The highest BCUT2D eigenvalue weighted by molar-refractivity contribution is 6.05. The van der Waals surface area contributed by atoms with E-state index in [9.17, 15) is 24.5 Å². The number of anilines is 2. The van der Waals surface area contributed by atoms with E-state index in [-0.39, 0.29) is 29.1 Å². The largest absolute Gasteiger partial charge is 0.368 e. The molecule has 0 saturated carbocycles. The topological polar surface area (TPSA) is 142 Å². The van der Waals surface area contributed by atoms with Crippen molar-refractivity contribution in [2.24, 2.45) is 5.73 Å². The van der Waals surface area contributed by atoms with E-state index in [1.807, 2.05) is 28.0 Å². The summed E-state index contributed by atoms with van der Waals surface area (Å²) in [6.45, 7) is 4.76. The molecule has 4 rings (SSSR count). The molecule has 11 nitrogen and oxygen atoms in total. The molecule has 11 heteroatoms. The first-order valence-electron chi connectivity index (χ1n) is 12.0. The molecule has 2 aliphatic heterocycles. The average molecular weight is 495 g/mol. The molecule has 3 amide bonds. The summed E-state index contributed by atoms with van der Waals surface area (Å²) in [5, 5.41) is 14.6. The summed E-state index contributed by atoms with van der Waals surface area (Å²) in [5.74, 6) is -0.810. The van der Waals surface area contributed by atoms with Crippen molar-refractivity contribution in [3.63, 3.8) is 0 Å². The zero-order chi connectivity index (χ0) is 25.8. The Morgan fingerprint density at radius 3 is 2.50 bits per heavy atom. The van der Waals surface area contributed by atoms with Crippen LogP contribution < -0.4 is 16.0 Å². The van der Waals surface area contributed by atoms with Crippen molar-refractivity contribution < 1.29 is 19.3 Å². The number of piperazine rings is 1. The Bertz CT molecular complexity index is 1180. The van der Waals surface area contributed by atoms with Gasteiger partial charge in [0.1, 0.15) is 5.69 Å². The molecule has 2 fully saturated rings. The third-order valence-electron chi connectivity index (χ3n) is 6.76. The van der Waals surface area contributed by atoms with Gasteiger partial charge in [0.2, 0.25) is 11.8 Å². The van der Waals surface area contributed by atoms with Crippen LogP contribution in [0.2, 0.25) is 0 Å².